The summed E-state index contributed by atoms with van der Waals surface area (Å²) < 4.78 is 25.3. The lowest BCUT2D eigenvalue weighted by molar-refractivity contribution is 0.555. The van der Waals surface area contributed by atoms with E-state index >= 15 is 0 Å². The number of nitrogens with one attached hydrogen (secondary N) is 1. The lowest BCUT2D eigenvalue weighted by Gasteiger charge is -2.09. The number of hydrogen-bond acceptors (Lipinski definition) is 3. The molecule has 0 aliphatic rings. The van der Waals surface area contributed by atoms with Gasteiger partial charge in [-0.3, -0.25) is 0 Å². The van der Waals surface area contributed by atoms with E-state index in [9.17, 15) is 8.42 Å². The van der Waals surface area contributed by atoms with Gasteiger partial charge in [0, 0.05) is 12.6 Å². The fourth-order valence-electron chi connectivity index (χ4n) is 0.905. The molecular formula is C9H23ClN2O2S. The van der Waals surface area contributed by atoms with Crippen molar-refractivity contribution in [1.29, 1.82) is 0 Å². The van der Waals surface area contributed by atoms with Crippen molar-refractivity contribution in [3.05, 3.63) is 0 Å². The number of sulfonamides is 1. The minimum atomic E-state index is -3.08. The van der Waals surface area contributed by atoms with E-state index < -0.39 is 10.0 Å². The van der Waals surface area contributed by atoms with Crippen molar-refractivity contribution in [2.45, 2.75) is 39.7 Å². The second-order valence-corrected chi connectivity index (χ2v) is 6.09. The first-order chi connectivity index (χ1) is 6.33. The summed E-state index contributed by atoms with van der Waals surface area (Å²) in [5, 5.41) is 0. The summed E-state index contributed by atoms with van der Waals surface area (Å²) in [6.07, 6.45) is 1.38. The second-order valence-electron chi connectivity index (χ2n) is 4.16. The molecule has 15 heavy (non-hydrogen) atoms. The Morgan fingerprint density at radius 2 is 1.73 bits per heavy atom. The quantitative estimate of drug-likeness (QED) is 0.719. The topological polar surface area (TPSA) is 72.2 Å². The molecular weight excluding hydrogens is 236 g/mol. The molecule has 6 heteroatoms. The van der Waals surface area contributed by atoms with Gasteiger partial charge in [0.15, 0.2) is 0 Å². The Morgan fingerprint density at radius 3 is 2.13 bits per heavy atom. The van der Waals surface area contributed by atoms with Crippen LogP contribution in [-0.2, 0) is 10.0 Å². The molecule has 0 saturated heterocycles. The van der Waals surface area contributed by atoms with Crippen LogP contribution in [0.2, 0.25) is 0 Å². The van der Waals surface area contributed by atoms with Gasteiger partial charge in [-0.25, -0.2) is 13.1 Å². The van der Waals surface area contributed by atoms with Crippen molar-refractivity contribution in [1.82, 2.24) is 4.72 Å². The molecule has 0 aliphatic carbocycles. The molecule has 0 bridgehead atoms. The first-order valence-electron chi connectivity index (χ1n) is 5.06. The SMILES string of the molecule is CC(C)CCS(=O)(=O)NCCC(C)N.Cl. The predicted octanol–water partition coefficient (Wildman–Crippen LogP) is 1.11. The molecule has 94 valence electrons. The first kappa shape index (κ1) is 17.6. The smallest absolute Gasteiger partial charge is 0.211 e. The van der Waals surface area contributed by atoms with E-state index in [2.05, 4.69) is 4.72 Å². The van der Waals surface area contributed by atoms with E-state index in [1.54, 1.807) is 0 Å². The van der Waals surface area contributed by atoms with Gasteiger partial charge in [0.05, 0.1) is 5.75 Å². The largest absolute Gasteiger partial charge is 0.328 e. The Labute approximate surface area is 99.5 Å². The molecule has 0 aliphatic heterocycles. The summed E-state index contributed by atoms with van der Waals surface area (Å²) in [5.74, 6) is 0.629. The zero-order chi connectivity index (χ0) is 11.2. The molecule has 0 aromatic heterocycles. The molecule has 1 unspecified atom stereocenters. The Bertz CT molecular complexity index is 240. The van der Waals surface area contributed by atoms with Gasteiger partial charge < -0.3 is 5.73 Å². The van der Waals surface area contributed by atoms with E-state index in [1.165, 1.54) is 0 Å². The van der Waals surface area contributed by atoms with Gasteiger partial charge in [0.25, 0.3) is 0 Å². The van der Waals surface area contributed by atoms with E-state index in [1.807, 2.05) is 20.8 Å². The summed E-state index contributed by atoms with van der Waals surface area (Å²) in [6.45, 7) is 6.33. The zero-order valence-electron chi connectivity index (χ0n) is 9.69. The van der Waals surface area contributed by atoms with Crippen LogP contribution in [0.3, 0.4) is 0 Å². The molecule has 0 heterocycles. The summed E-state index contributed by atoms with van der Waals surface area (Å²) >= 11 is 0. The Morgan fingerprint density at radius 1 is 1.20 bits per heavy atom. The van der Waals surface area contributed by atoms with Crippen LogP contribution in [0.5, 0.6) is 0 Å². The van der Waals surface area contributed by atoms with Crippen LogP contribution in [0, 0.1) is 5.92 Å². The molecule has 1 atom stereocenters. The van der Waals surface area contributed by atoms with E-state index in [0.717, 1.165) is 0 Å². The van der Waals surface area contributed by atoms with E-state index in [-0.39, 0.29) is 24.2 Å². The number of hydrogen-bond donors (Lipinski definition) is 2. The molecule has 4 nitrogen and oxygen atoms in total. The summed E-state index contributed by atoms with van der Waals surface area (Å²) in [5.41, 5.74) is 5.51. The number of rotatable bonds is 7. The summed E-state index contributed by atoms with van der Waals surface area (Å²) in [6, 6.07) is 0.0443. The molecule has 3 N–H and O–H groups in total. The second kappa shape index (κ2) is 8.33. The van der Waals surface area contributed by atoms with Crippen molar-refractivity contribution in [2.24, 2.45) is 11.7 Å². The fraction of sp³-hybridized carbons (Fsp3) is 1.00. The highest BCUT2D eigenvalue weighted by atomic mass is 35.5. The standard InChI is InChI=1S/C9H22N2O2S.ClH/c1-8(2)5-7-14(12,13)11-6-4-9(3)10;/h8-9,11H,4-7,10H2,1-3H3;1H. The lowest BCUT2D eigenvalue weighted by atomic mass is 10.2. The van der Waals surface area contributed by atoms with Gasteiger partial charge >= 0.3 is 0 Å². The monoisotopic (exact) mass is 258 g/mol. The Hall–Kier alpha value is 0.160. The third kappa shape index (κ3) is 12.1. The molecule has 0 fully saturated rings. The van der Waals surface area contributed by atoms with Crippen molar-refractivity contribution >= 4 is 22.4 Å². The minimum absolute atomic E-state index is 0. The maximum Gasteiger partial charge on any atom is 0.211 e. The van der Waals surface area contributed by atoms with Crippen LogP contribution >= 0.6 is 12.4 Å². The molecule has 0 aromatic rings. The van der Waals surface area contributed by atoms with Gasteiger partial charge in [0.2, 0.25) is 10.0 Å². The highest BCUT2D eigenvalue weighted by Gasteiger charge is 2.10. The Balaban J connectivity index is 0. The zero-order valence-corrected chi connectivity index (χ0v) is 11.3. The van der Waals surface area contributed by atoms with Crippen LogP contribution in [0.15, 0.2) is 0 Å². The number of nitrogens with two attached hydrogens (primary N) is 1. The van der Waals surface area contributed by atoms with Crippen molar-refractivity contribution in [2.75, 3.05) is 12.3 Å². The molecule has 0 aromatic carbocycles. The molecule has 0 rings (SSSR count). The van der Waals surface area contributed by atoms with E-state index in [4.69, 9.17) is 5.73 Å². The molecule has 0 saturated carbocycles. The van der Waals surface area contributed by atoms with Crippen LogP contribution < -0.4 is 10.5 Å². The van der Waals surface area contributed by atoms with Crippen LogP contribution in [0.25, 0.3) is 0 Å². The Kier molecular flexibility index (Phi) is 9.74. The van der Waals surface area contributed by atoms with Gasteiger partial charge in [-0.15, -0.1) is 12.4 Å². The van der Waals surface area contributed by atoms with Crippen LogP contribution in [0.4, 0.5) is 0 Å². The average Bonchev–Trinajstić information content (AvgIpc) is 2.00. The molecule has 0 radical (unpaired) electrons. The first-order valence-corrected chi connectivity index (χ1v) is 6.71. The van der Waals surface area contributed by atoms with Gasteiger partial charge in [-0.2, -0.15) is 0 Å². The lowest BCUT2D eigenvalue weighted by Crippen LogP contribution is -2.31. The highest BCUT2D eigenvalue weighted by Crippen LogP contribution is 2.01. The van der Waals surface area contributed by atoms with Gasteiger partial charge in [-0.1, -0.05) is 13.8 Å². The number of halogens is 1. The maximum atomic E-state index is 11.4. The summed E-state index contributed by atoms with van der Waals surface area (Å²) in [7, 11) is -3.08. The average molecular weight is 259 g/mol. The van der Waals surface area contributed by atoms with Gasteiger partial charge in [0.1, 0.15) is 0 Å². The van der Waals surface area contributed by atoms with Crippen LogP contribution in [0.1, 0.15) is 33.6 Å². The predicted molar refractivity (Wildman–Crippen MR) is 66.8 cm³/mol. The van der Waals surface area contributed by atoms with Gasteiger partial charge in [-0.05, 0) is 25.7 Å². The van der Waals surface area contributed by atoms with Crippen LogP contribution in [-0.4, -0.2) is 26.8 Å². The normalized spacial score (nSPS) is 13.7. The van der Waals surface area contributed by atoms with E-state index in [0.29, 0.717) is 25.3 Å². The van der Waals surface area contributed by atoms with Crippen molar-refractivity contribution in [3.63, 3.8) is 0 Å². The van der Waals surface area contributed by atoms with Crippen molar-refractivity contribution < 1.29 is 8.42 Å². The highest BCUT2D eigenvalue weighted by molar-refractivity contribution is 7.89. The third-order valence-corrected chi connectivity index (χ3v) is 3.30. The molecule has 0 amide bonds. The summed E-state index contributed by atoms with van der Waals surface area (Å²) in [4.78, 5) is 0. The minimum Gasteiger partial charge on any atom is -0.328 e. The maximum absolute atomic E-state index is 11.4. The third-order valence-electron chi connectivity index (χ3n) is 1.89. The molecule has 0 spiro atoms. The fourth-order valence-corrected chi connectivity index (χ4v) is 2.26. The van der Waals surface area contributed by atoms with Crippen molar-refractivity contribution in [3.8, 4) is 0 Å².